The number of nitrogens with one attached hydrogen (secondary N) is 1. The molecule has 0 heterocycles. The van der Waals surface area contributed by atoms with Gasteiger partial charge in [0.1, 0.15) is 0 Å². The molecule has 2 fully saturated rings. The van der Waals surface area contributed by atoms with E-state index in [1.54, 1.807) is 0 Å². The lowest BCUT2D eigenvalue weighted by Gasteiger charge is -2.36. The first kappa shape index (κ1) is 15.8. The molecule has 0 saturated heterocycles. The van der Waals surface area contributed by atoms with Crippen LogP contribution in [-0.2, 0) is 4.79 Å². The molecule has 2 atom stereocenters. The Morgan fingerprint density at radius 2 is 1.75 bits per heavy atom. The Hall–Kier alpha value is -0.570. The van der Waals surface area contributed by atoms with Crippen molar-refractivity contribution in [1.82, 2.24) is 5.32 Å². The van der Waals surface area contributed by atoms with Crippen molar-refractivity contribution in [3.63, 3.8) is 0 Å². The first-order valence-corrected chi connectivity index (χ1v) is 8.59. The molecule has 0 spiro atoms. The Balaban J connectivity index is 1.78. The normalized spacial score (nSPS) is 33.2. The summed E-state index contributed by atoms with van der Waals surface area (Å²) in [5.41, 5.74) is -0.658. The van der Waals surface area contributed by atoms with Gasteiger partial charge < -0.3 is 10.4 Å². The maximum Gasteiger partial charge on any atom is 0.223 e. The summed E-state index contributed by atoms with van der Waals surface area (Å²) in [7, 11) is 0. The monoisotopic (exact) mass is 281 g/mol. The molecule has 0 aliphatic heterocycles. The molecule has 2 saturated carbocycles. The van der Waals surface area contributed by atoms with Crippen LogP contribution in [0.15, 0.2) is 0 Å². The fourth-order valence-electron chi connectivity index (χ4n) is 3.91. The Bertz CT molecular complexity index is 310. The van der Waals surface area contributed by atoms with Crippen LogP contribution in [0.25, 0.3) is 0 Å². The van der Waals surface area contributed by atoms with E-state index in [9.17, 15) is 9.90 Å². The molecule has 0 radical (unpaired) electrons. The zero-order chi connectivity index (χ0) is 14.4. The second-order valence-electron chi connectivity index (χ2n) is 7.19. The highest BCUT2D eigenvalue weighted by Crippen LogP contribution is 2.32. The van der Waals surface area contributed by atoms with Gasteiger partial charge in [0, 0.05) is 12.5 Å². The van der Waals surface area contributed by atoms with E-state index in [1.807, 2.05) is 0 Å². The summed E-state index contributed by atoms with van der Waals surface area (Å²) in [5.74, 6) is 0.936. The van der Waals surface area contributed by atoms with Gasteiger partial charge in [-0.15, -0.1) is 0 Å². The fourth-order valence-corrected chi connectivity index (χ4v) is 3.91. The highest BCUT2D eigenvalue weighted by atomic mass is 16.3. The first-order chi connectivity index (χ1) is 9.59. The van der Waals surface area contributed by atoms with E-state index in [0.717, 1.165) is 32.1 Å². The summed E-state index contributed by atoms with van der Waals surface area (Å²) in [6.45, 7) is 2.65. The van der Waals surface area contributed by atoms with Crippen LogP contribution in [0.1, 0.15) is 77.6 Å². The van der Waals surface area contributed by atoms with Crippen LogP contribution in [0.2, 0.25) is 0 Å². The predicted octanol–water partition coefficient (Wildman–Crippen LogP) is 3.40. The third-order valence-electron chi connectivity index (χ3n) is 5.14. The van der Waals surface area contributed by atoms with Gasteiger partial charge in [-0.25, -0.2) is 0 Å². The molecule has 0 aromatic rings. The molecule has 0 aromatic carbocycles. The molecule has 0 aromatic heterocycles. The van der Waals surface area contributed by atoms with Crippen molar-refractivity contribution in [2.24, 2.45) is 11.8 Å². The minimum atomic E-state index is -0.658. The van der Waals surface area contributed by atoms with E-state index in [0.29, 0.717) is 12.5 Å². The third-order valence-corrected chi connectivity index (χ3v) is 5.14. The van der Waals surface area contributed by atoms with E-state index in [1.165, 1.54) is 38.5 Å². The number of hydrogen-bond donors (Lipinski definition) is 2. The van der Waals surface area contributed by atoms with Crippen molar-refractivity contribution in [1.29, 1.82) is 0 Å². The Kier molecular flexibility index (Phi) is 5.88. The lowest BCUT2D eigenvalue weighted by atomic mass is 9.79. The number of carbonyl (C=O) groups is 1. The summed E-state index contributed by atoms with van der Waals surface area (Å²) in [5, 5.41) is 13.6. The van der Waals surface area contributed by atoms with Gasteiger partial charge in [0.15, 0.2) is 0 Å². The van der Waals surface area contributed by atoms with Crippen LogP contribution in [0.5, 0.6) is 0 Å². The summed E-state index contributed by atoms with van der Waals surface area (Å²) in [6.07, 6.45) is 12.2. The molecule has 2 aliphatic carbocycles. The maximum atomic E-state index is 12.3. The molecular formula is C17H31NO2. The number of hydrogen-bond acceptors (Lipinski definition) is 2. The molecule has 2 unspecified atom stereocenters. The largest absolute Gasteiger partial charge is 0.388 e. The number of carbonyl (C=O) groups excluding carboxylic acids is 1. The van der Waals surface area contributed by atoms with Crippen LogP contribution in [-0.4, -0.2) is 23.2 Å². The third kappa shape index (κ3) is 4.76. The molecule has 116 valence electrons. The Morgan fingerprint density at radius 3 is 2.40 bits per heavy atom. The molecule has 2 N–H and O–H groups in total. The molecule has 0 bridgehead atoms. The first-order valence-electron chi connectivity index (χ1n) is 8.59. The molecule has 3 nitrogen and oxygen atoms in total. The molecular weight excluding hydrogens is 250 g/mol. The van der Waals surface area contributed by atoms with Crippen molar-refractivity contribution in [3.8, 4) is 0 Å². The van der Waals surface area contributed by atoms with Crippen molar-refractivity contribution in [3.05, 3.63) is 0 Å². The van der Waals surface area contributed by atoms with Crippen molar-refractivity contribution in [2.75, 3.05) is 6.54 Å². The van der Waals surface area contributed by atoms with E-state index < -0.39 is 5.60 Å². The molecule has 20 heavy (non-hydrogen) atoms. The smallest absolute Gasteiger partial charge is 0.223 e. The summed E-state index contributed by atoms with van der Waals surface area (Å²) in [6, 6.07) is 0. The lowest BCUT2D eigenvalue weighted by Crippen LogP contribution is -2.47. The van der Waals surface area contributed by atoms with Crippen molar-refractivity contribution >= 4 is 5.91 Å². The average Bonchev–Trinajstić information content (AvgIpc) is 2.35. The standard InChI is InChI=1S/C17H31NO2/c1-14-8-7-11-17(20,12-14)13-18-16(19)15-9-5-3-2-4-6-10-15/h14-15,20H,2-13H2,1H3,(H,18,19). The minimum absolute atomic E-state index is 0.179. The SMILES string of the molecule is CC1CCCC(O)(CNC(=O)C2CCCCCCC2)C1. The van der Waals surface area contributed by atoms with Crippen LogP contribution < -0.4 is 5.32 Å². The molecule has 1 amide bonds. The van der Waals surface area contributed by atoms with E-state index >= 15 is 0 Å². The molecule has 2 aliphatic rings. The van der Waals surface area contributed by atoms with Gasteiger partial charge >= 0.3 is 0 Å². The van der Waals surface area contributed by atoms with Gasteiger partial charge in [0.2, 0.25) is 5.91 Å². The number of aliphatic hydroxyl groups is 1. The predicted molar refractivity (Wildman–Crippen MR) is 81.4 cm³/mol. The van der Waals surface area contributed by atoms with Gasteiger partial charge in [-0.05, 0) is 31.6 Å². The summed E-state index contributed by atoms with van der Waals surface area (Å²) >= 11 is 0. The van der Waals surface area contributed by atoms with Gasteiger partial charge in [0.25, 0.3) is 0 Å². The van der Waals surface area contributed by atoms with Crippen LogP contribution in [0.4, 0.5) is 0 Å². The highest BCUT2D eigenvalue weighted by molar-refractivity contribution is 5.78. The van der Waals surface area contributed by atoms with Gasteiger partial charge in [0.05, 0.1) is 5.60 Å². The molecule has 2 rings (SSSR count). The molecule has 3 heteroatoms. The zero-order valence-electron chi connectivity index (χ0n) is 13.0. The van der Waals surface area contributed by atoms with E-state index in [4.69, 9.17) is 0 Å². The summed E-state index contributed by atoms with van der Waals surface area (Å²) in [4.78, 5) is 12.3. The van der Waals surface area contributed by atoms with Gasteiger partial charge in [-0.3, -0.25) is 4.79 Å². The van der Waals surface area contributed by atoms with Crippen LogP contribution in [0.3, 0.4) is 0 Å². The lowest BCUT2D eigenvalue weighted by molar-refractivity contribution is -0.127. The van der Waals surface area contributed by atoms with Crippen LogP contribution >= 0.6 is 0 Å². The van der Waals surface area contributed by atoms with E-state index in [2.05, 4.69) is 12.2 Å². The number of rotatable bonds is 3. The van der Waals surface area contributed by atoms with Gasteiger partial charge in [-0.2, -0.15) is 0 Å². The quantitative estimate of drug-likeness (QED) is 0.833. The van der Waals surface area contributed by atoms with Crippen molar-refractivity contribution < 1.29 is 9.90 Å². The van der Waals surface area contributed by atoms with Crippen LogP contribution in [0, 0.1) is 11.8 Å². The second kappa shape index (κ2) is 7.44. The Morgan fingerprint density at radius 1 is 1.10 bits per heavy atom. The topological polar surface area (TPSA) is 49.3 Å². The Labute approximate surface area is 123 Å². The summed E-state index contributed by atoms with van der Waals surface area (Å²) < 4.78 is 0. The van der Waals surface area contributed by atoms with Crippen molar-refractivity contribution in [2.45, 2.75) is 83.2 Å². The second-order valence-corrected chi connectivity index (χ2v) is 7.19. The minimum Gasteiger partial charge on any atom is -0.388 e. The maximum absolute atomic E-state index is 12.3. The number of amides is 1. The highest BCUT2D eigenvalue weighted by Gasteiger charge is 2.33. The van der Waals surface area contributed by atoms with E-state index in [-0.39, 0.29) is 11.8 Å². The average molecular weight is 281 g/mol. The fraction of sp³-hybridized carbons (Fsp3) is 0.941. The zero-order valence-corrected chi connectivity index (χ0v) is 13.0. The van der Waals surface area contributed by atoms with Gasteiger partial charge in [-0.1, -0.05) is 51.9 Å².